The first-order valence-corrected chi connectivity index (χ1v) is 6.67. The van der Waals surface area contributed by atoms with Crippen molar-refractivity contribution in [1.29, 1.82) is 0 Å². The summed E-state index contributed by atoms with van der Waals surface area (Å²) in [4.78, 5) is 12.4. The van der Waals surface area contributed by atoms with Crippen LogP contribution in [0.15, 0.2) is 39.5 Å². The molecule has 7 heteroatoms. The van der Waals surface area contributed by atoms with Gasteiger partial charge in [0.15, 0.2) is 17.1 Å². The predicted octanol–water partition coefficient (Wildman–Crippen LogP) is 2.31. The molecule has 0 unspecified atom stereocenters. The SMILES string of the molecule is O=c1c(O)c(-c2ccc(O)cc2)oc2c3c(cc(O)c12)OCO3. The molecule has 3 N–H and O–H groups in total. The number of phenols is 2. The third kappa shape index (κ3) is 1.87. The average molecular weight is 314 g/mol. The Labute approximate surface area is 128 Å². The zero-order valence-corrected chi connectivity index (χ0v) is 11.6. The number of phenolic OH excluding ortho intramolecular Hbond substituents is 2. The molecule has 0 atom stereocenters. The summed E-state index contributed by atoms with van der Waals surface area (Å²) in [5, 5.41) is 29.3. The lowest BCUT2D eigenvalue weighted by Gasteiger charge is -2.09. The van der Waals surface area contributed by atoms with Crippen LogP contribution >= 0.6 is 0 Å². The molecule has 0 saturated carbocycles. The Kier molecular flexibility index (Phi) is 2.65. The van der Waals surface area contributed by atoms with Crippen LogP contribution < -0.4 is 14.9 Å². The molecular weight excluding hydrogens is 304 g/mol. The second-order valence-electron chi connectivity index (χ2n) is 4.99. The van der Waals surface area contributed by atoms with Crippen LogP contribution in [0.2, 0.25) is 0 Å². The van der Waals surface area contributed by atoms with Crippen molar-refractivity contribution in [3.8, 4) is 40.1 Å². The molecule has 4 rings (SSSR count). The van der Waals surface area contributed by atoms with Crippen LogP contribution in [-0.4, -0.2) is 22.1 Å². The molecule has 0 saturated heterocycles. The Morgan fingerprint density at radius 3 is 2.48 bits per heavy atom. The second kappa shape index (κ2) is 4.57. The first-order chi connectivity index (χ1) is 11.1. The van der Waals surface area contributed by atoms with Gasteiger partial charge in [-0.15, -0.1) is 0 Å². The van der Waals surface area contributed by atoms with Gasteiger partial charge in [0, 0.05) is 11.6 Å². The summed E-state index contributed by atoms with van der Waals surface area (Å²) >= 11 is 0. The van der Waals surface area contributed by atoms with E-state index in [0.29, 0.717) is 5.56 Å². The fraction of sp³-hybridized carbons (Fsp3) is 0.0625. The molecule has 0 amide bonds. The van der Waals surface area contributed by atoms with E-state index in [-0.39, 0.29) is 46.5 Å². The summed E-state index contributed by atoms with van der Waals surface area (Å²) in [7, 11) is 0. The lowest BCUT2D eigenvalue weighted by Crippen LogP contribution is -2.03. The minimum atomic E-state index is -0.787. The summed E-state index contributed by atoms with van der Waals surface area (Å²) in [6.07, 6.45) is 0. The van der Waals surface area contributed by atoms with Crippen LogP contribution in [0, 0.1) is 0 Å². The summed E-state index contributed by atoms with van der Waals surface area (Å²) in [6.45, 7) is -0.0625. The summed E-state index contributed by atoms with van der Waals surface area (Å²) in [5.41, 5.74) is -0.413. The van der Waals surface area contributed by atoms with Gasteiger partial charge in [-0.1, -0.05) is 0 Å². The lowest BCUT2D eigenvalue weighted by atomic mass is 10.1. The molecule has 23 heavy (non-hydrogen) atoms. The van der Waals surface area contributed by atoms with Gasteiger partial charge in [-0.05, 0) is 24.3 Å². The van der Waals surface area contributed by atoms with Crippen molar-refractivity contribution in [2.24, 2.45) is 0 Å². The van der Waals surface area contributed by atoms with E-state index in [4.69, 9.17) is 13.9 Å². The van der Waals surface area contributed by atoms with E-state index in [1.54, 1.807) is 0 Å². The van der Waals surface area contributed by atoms with E-state index >= 15 is 0 Å². The molecular formula is C16H10O7. The van der Waals surface area contributed by atoms with Crippen molar-refractivity contribution in [2.75, 3.05) is 6.79 Å². The van der Waals surface area contributed by atoms with Crippen molar-refractivity contribution in [2.45, 2.75) is 0 Å². The fourth-order valence-electron chi connectivity index (χ4n) is 2.50. The number of hydrogen-bond donors (Lipinski definition) is 3. The third-order valence-corrected chi connectivity index (χ3v) is 3.59. The molecule has 0 fully saturated rings. The summed E-state index contributed by atoms with van der Waals surface area (Å²) < 4.78 is 16.1. The Morgan fingerprint density at radius 1 is 1.00 bits per heavy atom. The van der Waals surface area contributed by atoms with E-state index in [1.807, 2.05) is 0 Å². The van der Waals surface area contributed by atoms with E-state index in [2.05, 4.69) is 0 Å². The van der Waals surface area contributed by atoms with Gasteiger partial charge in [0.05, 0.1) is 0 Å². The first-order valence-electron chi connectivity index (χ1n) is 6.67. The van der Waals surface area contributed by atoms with Crippen LogP contribution in [-0.2, 0) is 0 Å². The molecule has 7 nitrogen and oxygen atoms in total. The van der Waals surface area contributed by atoms with E-state index < -0.39 is 11.2 Å². The topological polar surface area (TPSA) is 109 Å². The number of fused-ring (bicyclic) bond motifs is 3. The van der Waals surface area contributed by atoms with Gasteiger partial charge < -0.3 is 29.2 Å². The number of hydrogen-bond acceptors (Lipinski definition) is 7. The molecule has 0 aliphatic carbocycles. The molecule has 1 aromatic heterocycles. The third-order valence-electron chi connectivity index (χ3n) is 3.59. The normalized spacial score (nSPS) is 12.7. The van der Waals surface area contributed by atoms with Gasteiger partial charge in [-0.3, -0.25) is 4.79 Å². The largest absolute Gasteiger partial charge is 0.508 e. The molecule has 3 aromatic rings. The van der Waals surface area contributed by atoms with Crippen LogP contribution in [0.4, 0.5) is 0 Å². The predicted molar refractivity (Wildman–Crippen MR) is 79.0 cm³/mol. The quantitative estimate of drug-likeness (QED) is 0.632. The fourth-order valence-corrected chi connectivity index (χ4v) is 2.50. The molecule has 116 valence electrons. The average Bonchev–Trinajstić information content (AvgIpc) is 2.99. The highest BCUT2D eigenvalue weighted by atomic mass is 16.7. The first kappa shape index (κ1) is 13.3. The van der Waals surface area contributed by atoms with Gasteiger partial charge >= 0.3 is 0 Å². The van der Waals surface area contributed by atoms with Crippen molar-refractivity contribution < 1.29 is 29.2 Å². The summed E-state index contributed by atoms with van der Waals surface area (Å²) in [5.74, 6) is -0.629. The molecule has 0 spiro atoms. The Balaban J connectivity index is 2.09. The van der Waals surface area contributed by atoms with Crippen LogP contribution in [0.3, 0.4) is 0 Å². The molecule has 1 aliphatic heterocycles. The van der Waals surface area contributed by atoms with Crippen molar-refractivity contribution in [3.63, 3.8) is 0 Å². The molecule has 2 aromatic carbocycles. The highest BCUT2D eigenvalue weighted by Crippen LogP contribution is 2.45. The molecule has 2 heterocycles. The number of benzene rings is 2. The zero-order chi connectivity index (χ0) is 16.1. The maximum Gasteiger partial charge on any atom is 0.238 e. The second-order valence-corrected chi connectivity index (χ2v) is 4.99. The van der Waals surface area contributed by atoms with Crippen LogP contribution in [0.5, 0.6) is 28.7 Å². The number of ether oxygens (including phenoxy) is 2. The van der Waals surface area contributed by atoms with Crippen LogP contribution in [0.1, 0.15) is 0 Å². The highest BCUT2D eigenvalue weighted by molar-refractivity contribution is 5.93. The maximum atomic E-state index is 12.4. The Hall–Kier alpha value is -3.35. The molecule has 1 aliphatic rings. The molecule has 0 bridgehead atoms. The van der Waals surface area contributed by atoms with Crippen molar-refractivity contribution in [3.05, 3.63) is 40.6 Å². The lowest BCUT2D eigenvalue weighted by molar-refractivity contribution is 0.174. The zero-order valence-electron chi connectivity index (χ0n) is 11.6. The van der Waals surface area contributed by atoms with Gasteiger partial charge in [-0.2, -0.15) is 0 Å². The van der Waals surface area contributed by atoms with Gasteiger partial charge in [-0.25, -0.2) is 0 Å². The number of aromatic hydroxyl groups is 3. The van der Waals surface area contributed by atoms with Gasteiger partial charge in [0.1, 0.15) is 16.9 Å². The molecule has 0 radical (unpaired) electrons. The van der Waals surface area contributed by atoms with E-state index in [1.165, 1.54) is 30.3 Å². The standard InChI is InChI=1S/C16H10O7/c17-8-3-1-7(2-4-8)14-13(20)12(19)11-9(18)5-10-15(16(11)23-14)22-6-21-10/h1-5,17-18,20H,6H2. The van der Waals surface area contributed by atoms with Gasteiger partial charge in [0.2, 0.25) is 23.7 Å². The maximum absolute atomic E-state index is 12.4. The summed E-state index contributed by atoms with van der Waals surface area (Å²) in [6, 6.07) is 7.00. The Morgan fingerprint density at radius 2 is 1.74 bits per heavy atom. The minimum Gasteiger partial charge on any atom is -0.508 e. The number of rotatable bonds is 1. The van der Waals surface area contributed by atoms with E-state index in [9.17, 15) is 20.1 Å². The monoisotopic (exact) mass is 314 g/mol. The van der Waals surface area contributed by atoms with Gasteiger partial charge in [0.25, 0.3) is 0 Å². The van der Waals surface area contributed by atoms with Crippen molar-refractivity contribution >= 4 is 11.0 Å². The van der Waals surface area contributed by atoms with Crippen LogP contribution in [0.25, 0.3) is 22.3 Å². The highest BCUT2D eigenvalue weighted by Gasteiger charge is 2.26. The minimum absolute atomic E-state index is 0.0108. The Bertz CT molecular complexity index is 986. The smallest absolute Gasteiger partial charge is 0.238 e. The van der Waals surface area contributed by atoms with Crippen molar-refractivity contribution in [1.82, 2.24) is 0 Å². The van der Waals surface area contributed by atoms with E-state index in [0.717, 1.165) is 0 Å².